The predicted molar refractivity (Wildman–Crippen MR) is 99.9 cm³/mol. The lowest BCUT2D eigenvalue weighted by Crippen LogP contribution is -2.36. The van der Waals surface area contributed by atoms with Gasteiger partial charge in [0.05, 0.1) is 33.0 Å². The predicted octanol–water partition coefficient (Wildman–Crippen LogP) is 5.15. The van der Waals surface area contributed by atoms with E-state index >= 15 is 0 Å². The van der Waals surface area contributed by atoms with Crippen LogP contribution in [-0.4, -0.2) is 20.3 Å². The van der Waals surface area contributed by atoms with Crippen LogP contribution in [0.5, 0.6) is 5.75 Å². The van der Waals surface area contributed by atoms with E-state index in [1.807, 2.05) is 0 Å². The second-order valence-corrected chi connectivity index (χ2v) is 9.41. The van der Waals surface area contributed by atoms with Crippen LogP contribution in [0.1, 0.15) is 49.3 Å². The molecule has 0 saturated heterocycles. The van der Waals surface area contributed by atoms with Gasteiger partial charge in [-0.2, -0.15) is 18.4 Å². The van der Waals surface area contributed by atoms with Crippen molar-refractivity contribution in [3.8, 4) is 11.8 Å². The van der Waals surface area contributed by atoms with Crippen molar-refractivity contribution in [3.05, 3.63) is 58.7 Å². The van der Waals surface area contributed by atoms with Gasteiger partial charge in [-0.15, -0.1) is 13.2 Å². The number of rotatable bonds is 5. The Morgan fingerprint density at radius 1 is 1.09 bits per heavy atom. The zero-order valence-electron chi connectivity index (χ0n) is 16.7. The van der Waals surface area contributed by atoms with Gasteiger partial charge in [0.15, 0.2) is 17.3 Å². The number of nitrogens with one attached hydrogen (secondary N) is 1. The summed E-state index contributed by atoms with van der Waals surface area (Å²) in [5.74, 6) is -2.60. The average Bonchev–Trinajstić information content (AvgIpc) is 2.64. The standard InChI is InChI=1S/C19H16F7N3O2S/c1-17(2,3)32(30)29-15(10-5-7-14(12(20)8-10)31-19(24,25)26)13-6-4-11(9-27)16(28-13)18(21,22)23/h4-8,15,29H,1-3H3. The molecule has 2 aromatic rings. The van der Waals surface area contributed by atoms with Crippen molar-refractivity contribution in [2.75, 3.05) is 0 Å². The molecule has 2 atom stereocenters. The minimum atomic E-state index is -5.16. The van der Waals surface area contributed by atoms with E-state index in [9.17, 15) is 34.9 Å². The number of hydrogen-bond donors (Lipinski definition) is 1. The topological polar surface area (TPSA) is 75.0 Å². The van der Waals surface area contributed by atoms with Gasteiger partial charge >= 0.3 is 12.5 Å². The first-order valence-electron chi connectivity index (χ1n) is 8.74. The molecule has 5 nitrogen and oxygen atoms in total. The van der Waals surface area contributed by atoms with Gasteiger partial charge < -0.3 is 4.74 Å². The van der Waals surface area contributed by atoms with E-state index < -0.39 is 57.1 Å². The van der Waals surface area contributed by atoms with Gasteiger partial charge in [-0.1, -0.05) is 6.07 Å². The number of hydrogen-bond acceptors (Lipinski definition) is 4. The van der Waals surface area contributed by atoms with E-state index in [-0.39, 0.29) is 11.3 Å². The SMILES string of the molecule is CC(C)(C)S(=O)NC(c1ccc(OC(F)(F)F)c(F)c1)c1ccc(C#N)c(C(F)(F)F)n1. The van der Waals surface area contributed by atoms with Crippen molar-refractivity contribution in [1.29, 1.82) is 5.26 Å². The molecule has 174 valence electrons. The Morgan fingerprint density at radius 3 is 2.19 bits per heavy atom. The minimum Gasteiger partial charge on any atom is -0.403 e. The Kier molecular flexibility index (Phi) is 7.21. The summed E-state index contributed by atoms with van der Waals surface area (Å²) in [6, 6.07) is 4.05. The molecule has 2 unspecified atom stereocenters. The fourth-order valence-electron chi connectivity index (χ4n) is 2.43. The molecule has 1 aromatic heterocycles. The quantitative estimate of drug-likeness (QED) is 0.597. The van der Waals surface area contributed by atoms with Crippen molar-refractivity contribution in [3.63, 3.8) is 0 Å². The molecule has 32 heavy (non-hydrogen) atoms. The highest BCUT2D eigenvalue weighted by molar-refractivity contribution is 7.84. The highest BCUT2D eigenvalue weighted by Crippen LogP contribution is 2.34. The van der Waals surface area contributed by atoms with E-state index in [4.69, 9.17) is 5.26 Å². The fourth-order valence-corrected chi connectivity index (χ4v) is 3.25. The molecule has 1 aromatic carbocycles. The zero-order chi connectivity index (χ0) is 24.5. The Labute approximate surface area is 180 Å². The van der Waals surface area contributed by atoms with Crippen molar-refractivity contribution >= 4 is 11.0 Å². The number of nitriles is 1. The first-order valence-corrected chi connectivity index (χ1v) is 9.89. The van der Waals surface area contributed by atoms with E-state index in [1.165, 1.54) is 6.07 Å². The fraction of sp³-hybridized carbons (Fsp3) is 0.368. The number of ether oxygens (including phenoxy) is 1. The van der Waals surface area contributed by atoms with Crippen LogP contribution in [0.3, 0.4) is 0 Å². The highest BCUT2D eigenvalue weighted by atomic mass is 32.2. The number of pyridine rings is 1. The Morgan fingerprint density at radius 2 is 1.72 bits per heavy atom. The number of benzene rings is 1. The van der Waals surface area contributed by atoms with Gasteiger partial charge in [-0.25, -0.2) is 18.3 Å². The lowest BCUT2D eigenvalue weighted by molar-refractivity contribution is -0.275. The average molecular weight is 483 g/mol. The van der Waals surface area contributed by atoms with Gasteiger partial charge in [0.25, 0.3) is 0 Å². The molecule has 2 rings (SSSR count). The molecule has 0 bridgehead atoms. The van der Waals surface area contributed by atoms with Crippen LogP contribution < -0.4 is 9.46 Å². The Hall–Kier alpha value is -2.72. The third-order valence-corrected chi connectivity index (χ3v) is 5.46. The van der Waals surface area contributed by atoms with Crippen LogP contribution in [0.2, 0.25) is 0 Å². The minimum absolute atomic E-state index is 0.167. The summed E-state index contributed by atoms with van der Waals surface area (Å²) in [7, 11) is -1.90. The van der Waals surface area contributed by atoms with Gasteiger partial charge in [0.1, 0.15) is 6.07 Å². The van der Waals surface area contributed by atoms with Crippen molar-refractivity contribution < 1.29 is 39.7 Å². The lowest BCUT2D eigenvalue weighted by atomic mass is 10.0. The van der Waals surface area contributed by atoms with Gasteiger partial charge in [0, 0.05) is 0 Å². The number of halogens is 7. The van der Waals surface area contributed by atoms with Crippen LogP contribution in [0.15, 0.2) is 30.3 Å². The molecule has 13 heteroatoms. The van der Waals surface area contributed by atoms with E-state index in [0.29, 0.717) is 12.1 Å². The molecule has 0 aliphatic carbocycles. The monoisotopic (exact) mass is 483 g/mol. The summed E-state index contributed by atoms with van der Waals surface area (Å²) >= 11 is 0. The van der Waals surface area contributed by atoms with Crippen LogP contribution in [0, 0.1) is 17.1 Å². The van der Waals surface area contributed by atoms with Gasteiger partial charge in [-0.3, -0.25) is 0 Å². The molecule has 0 aliphatic heterocycles. The van der Waals surface area contributed by atoms with Crippen molar-refractivity contribution in [2.45, 2.75) is 44.1 Å². The molecule has 0 aliphatic rings. The molecule has 1 heterocycles. The van der Waals surface area contributed by atoms with E-state index in [2.05, 4.69) is 14.4 Å². The van der Waals surface area contributed by atoms with Crippen molar-refractivity contribution in [2.24, 2.45) is 0 Å². The van der Waals surface area contributed by atoms with Crippen LogP contribution >= 0.6 is 0 Å². The van der Waals surface area contributed by atoms with Crippen molar-refractivity contribution in [1.82, 2.24) is 9.71 Å². The number of aromatic nitrogens is 1. The molecule has 1 N–H and O–H groups in total. The maximum absolute atomic E-state index is 14.2. The smallest absolute Gasteiger partial charge is 0.403 e. The second-order valence-electron chi connectivity index (χ2n) is 7.41. The molecular weight excluding hydrogens is 467 g/mol. The molecule has 0 saturated carbocycles. The normalized spacial score (nSPS) is 14.5. The maximum atomic E-state index is 14.2. The summed E-state index contributed by atoms with van der Waals surface area (Å²) in [5, 5.41) is 8.93. The molecule has 0 radical (unpaired) electrons. The van der Waals surface area contributed by atoms with Crippen LogP contribution in [0.4, 0.5) is 30.7 Å². The highest BCUT2D eigenvalue weighted by Gasteiger charge is 2.37. The third-order valence-electron chi connectivity index (χ3n) is 3.90. The summed E-state index contributed by atoms with van der Waals surface area (Å²) in [6.07, 6.45) is -10.2. The summed E-state index contributed by atoms with van der Waals surface area (Å²) in [4.78, 5) is 3.46. The third kappa shape index (κ3) is 6.39. The van der Waals surface area contributed by atoms with E-state index in [1.54, 1.807) is 20.8 Å². The van der Waals surface area contributed by atoms with Gasteiger partial charge in [0.2, 0.25) is 0 Å². The first kappa shape index (κ1) is 25.5. The maximum Gasteiger partial charge on any atom is 0.573 e. The number of alkyl halides is 6. The largest absolute Gasteiger partial charge is 0.573 e. The summed E-state index contributed by atoms with van der Waals surface area (Å²) in [6.45, 7) is 4.67. The molecule has 0 fully saturated rings. The zero-order valence-corrected chi connectivity index (χ0v) is 17.5. The Bertz CT molecular complexity index is 1060. The molecular formula is C19H16F7N3O2S. The summed E-state index contributed by atoms with van der Waals surface area (Å²) in [5.41, 5.74) is -2.82. The lowest BCUT2D eigenvalue weighted by Gasteiger charge is -2.25. The molecule has 0 spiro atoms. The van der Waals surface area contributed by atoms with E-state index in [0.717, 1.165) is 18.2 Å². The number of nitrogens with zero attached hydrogens (tertiary/aromatic N) is 2. The van der Waals surface area contributed by atoms with Crippen LogP contribution in [-0.2, 0) is 17.2 Å². The van der Waals surface area contributed by atoms with Gasteiger partial charge in [-0.05, 0) is 50.6 Å². The first-order chi connectivity index (χ1) is 14.5. The Balaban J connectivity index is 2.62. The molecule has 0 amide bonds. The second kappa shape index (κ2) is 9.03. The summed E-state index contributed by atoms with van der Waals surface area (Å²) < 4.78 is 109. The van der Waals surface area contributed by atoms with Crippen LogP contribution in [0.25, 0.3) is 0 Å².